The summed E-state index contributed by atoms with van der Waals surface area (Å²) in [5.41, 5.74) is 6.92. The highest BCUT2D eigenvalue weighted by atomic mass is 16.1. The highest BCUT2D eigenvalue weighted by Crippen LogP contribution is 2.07. The maximum absolute atomic E-state index is 11.8. The van der Waals surface area contributed by atoms with Gasteiger partial charge in [-0.3, -0.25) is 4.79 Å². The maximum Gasteiger partial charge on any atom is 0.220 e. The van der Waals surface area contributed by atoms with Gasteiger partial charge < -0.3 is 11.1 Å². The number of rotatable bonds is 7. The molecule has 18 heavy (non-hydrogen) atoms. The summed E-state index contributed by atoms with van der Waals surface area (Å²) in [7, 11) is 0. The number of nitrogens with one attached hydrogen (secondary N) is 1. The van der Waals surface area contributed by atoms with Gasteiger partial charge in [-0.05, 0) is 17.9 Å². The second-order valence-corrected chi connectivity index (χ2v) is 4.91. The van der Waals surface area contributed by atoms with Gasteiger partial charge in [0.2, 0.25) is 5.91 Å². The predicted octanol–water partition coefficient (Wildman–Crippen LogP) is 2.11. The van der Waals surface area contributed by atoms with Gasteiger partial charge in [0.05, 0.1) is 0 Å². The molecule has 3 heteroatoms. The largest absolute Gasteiger partial charge is 0.352 e. The molecule has 2 unspecified atom stereocenters. The minimum absolute atomic E-state index is 0.0314. The minimum atomic E-state index is 0.0314. The van der Waals surface area contributed by atoms with E-state index in [1.54, 1.807) is 0 Å². The van der Waals surface area contributed by atoms with Crippen molar-refractivity contribution in [2.45, 2.75) is 39.2 Å². The fourth-order valence-electron chi connectivity index (χ4n) is 1.84. The molecule has 0 aliphatic carbocycles. The molecule has 3 N–H and O–H groups in total. The monoisotopic (exact) mass is 248 g/mol. The summed E-state index contributed by atoms with van der Waals surface area (Å²) in [6.45, 7) is 4.66. The Morgan fingerprint density at radius 2 is 2.00 bits per heavy atom. The molecule has 2 atom stereocenters. The molecule has 0 aliphatic rings. The topological polar surface area (TPSA) is 55.1 Å². The van der Waals surface area contributed by atoms with E-state index >= 15 is 0 Å². The Bertz CT molecular complexity index is 351. The van der Waals surface area contributed by atoms with Crippen molar-refractivity contribution < 1.29 is 4.79 Å². The third-order valence-corrected chi connectivity index (χ3v) is 3.21. The minimum Gasteiger partial charge on any atom is -0.352 e. The van der Waals surface area contributed by atoms with Crippen LogP contribution in [0, 0.1) is 5.92 Å². The van der Waals surface area contributed by atoms with Crippen LogP contribution < -0.4 is 11.1 Å². The zero-order chi connectivity index (χ0) is 13.4. The number of hydrogen-bond donors (Lipinski definition) is 2. The molecular weight excluding hydrogens is 224 g/mol. The normalized spacial score (nSPS) is 13.9. The molecule has 100 valence electrons. The van der Waals surface area contributed by atoms with Gasteiger partial charge in [-0.25, -0.2) is 0 Å². The molecule has 0 heterocycles. The van der Waals surface area contributed by atoms with E-state index in [0.717, 1.165) is 12.8 Å². The molecule has 0 saturated carbocycles. The smallest absolute Gasteiger partial charge is 0.220 e. The first kappa shape index (κ1) is 14.7. The second kappa shape index (κ2) is 7.88. The molecule has 0 radical (unpaired) electrons. The first-order chi connectivity index (χ1) is 8.65. The van der Waals surface area contributed by atoms with E-state index in [4.69, 9.17) is 5.73 Å². The van der Waals surface area contributed by atoms with E-state index in [0.29, 0.717) is 18.9 Å². The molecule has 0 aliphatic heterocycles. The summed E-state index contributed by atoms with van der Waals surface area (Å²) < 4.78 is 0. The van der Waals surface area contributed by atoms with Crippen LogP contribution in [0.3, 0.4) is 0 Å². The van der Waals surface area contributed by atoms with Crippen molar-refractivity contribution >= 4 is 5.91 Å². The Hall–Kier alpha value is -1.35. The molecule has 0 saturated heterocycles. The zero-order valence-corrected chi connectivity index (χ0v) is 11.4. The third-order valence-electron chi connectivity index (χ3n) is 3.21. The van der Waals surface area contributed by atoms with Crippen molar-refractivity contribution in [2.75, 3.05) is 6.54 Å². The number of carbonyl (C=O) groups excluding carboxylic acids is 1. The molecule has 0 fully saturated rings. The average molecular weight is 248 g/mol. The van der Waals surface area contributed by atoms with Gasteiger partial charge >= 0.3 is 0 Å². The van der Waals surface area contributed by atoms with Crippen molar-refractivity contribution in [3.63, 3.8) is 0 Å². The van der Waals surface area contributed by atoms with Crippen molar-refractivity contribution in [1.29, 1.82) is 0 Å². The van der Waals surface area contributed by atoms with Crippen LogP contribution in [0.1, 0.15) is 32.3 Å². The fourth-order valence-corrected chi connectivity index (χ4v) is 1.84. The molecule has 1 aromatic carbocycles. The van der Waals surface area contributed by atoms with Crippen molar-refractivity contribution in [3.8, 4) is 0 Å². The lowest BCUT2D eigenvalue weighted by Crippen LogP contribution is -2.42. The van der Waals surface area contributed by atoms with Gasteiger partial charge in [-0.2, -0.15) is 0 Å². The molecule has 0 aromatic heterocycles. The second-order valence-electron chi connectivity index (χ2n) is 4.91. The Morgan fingerprint density at radius 3 is 2.56 bits per heavy atom. The van der Waals surface area contributed by atoms with E-state index in [1.807, 2.05) is 18.2 Å². The Labute approximate surface area is 110 Å². The average Bonchev–Trinajstić information content (AvgIpc) is 2.38. The van der Waals surface area contributed by atoms with E-state index < -0.39 is 0 Å². The number of benzene rings is 1. The van der Waals surface area contributed by atoms with Gasteiger partial charge in [0.25, 0.3) is 0 Å². The molecule has 1 rings (SSSR count). The maximum atomic E-state index is 11.8. The first-order valence-corrected chi connectivity index (χ1v) is 6.69. The summed E-state index contributed by atoms with van der Waals surface area (Å²) in [6, 6.07) is 10.1. The third kappa shape index (κ3) is 5.32. The standard InChI is InChI=1S/C15H24N2O/c1-3-12(2)9-15(18)17-14(11-16)10-13-7-5-4-6-8-13/h4-8,12,14H,3,9-11,16H2,1-2H3,(H,17,18). The zero-order valence-electron chi connectivity index (χ0n) is 11.4. The van der Waals surface area contributed by atoms with Crippen LogP contribution in [0.25, 0.3) is 0 Å². The van der Waals surface area contributed by atoms with Crippen LogP contribution in [0.15, 0.2) is 30.3 Å². The lowest BCUT2D eigenvalue weighted by atomic mass is 10.0. The van der Waals surface area contributed by atoms with Gasteiger partial charge in [-0.15, -0.1) is 0 Å². The van der Waals surface area contributed by atoms with Gasteiger partial charge in [0.15, 0.2) is 0 Å². The summed E-state index contributed by atoms with van der Waals surface area (Å²) in [6.07, 6.45) is 2.41. The fraction of sp³-hybridized carbons (Fsp3) is 0.533. The summed E-state index contributed by atoms with van der Waals surface area (Å²) >= 11 is 0. The van der Waals surface area contributed by atoms with Crippen molar-refractivity contribution in [3.05, 3.63) is 35.9 Å². The Morgan fingerprint density at radius 1 is 1.33 bits per heavy atom. The van der Waals surface area contributed by atoms with Crippen molar-refractivity contribution in [1.82, 2.24) is 5.32 Å². The van der Waals surface area contributed by atoms with E-state index in [9.17, 15) is 4.79 Å². The lowest BCUT2D eigenvalue weighted by molar-refractivity contribution is -0.122. The lowest BCUT2D eigenvalue weighted by Gasteiger charge is -2.18. The quantitative estimate of drug-likeness (QED) is 0.776. The van der Waals surface area contributed by atoms with E-state index in [1.165, 1.54) is 5.56 Å². The van der Waals surface area contributed by atoms with Gasteiger partial charge in [0.1, 0.15) is 0 Å². The highest BCUT2D eigenvalue weighted by molar-refractivity contribution is 5.76. The van der Waals surface area contributed by atoms with Crippen LogP contribution >= 0.6 is 0 Å². The van der Waals surface area contributed by atoms with E-state index in [2.05, 4.69) is 31.3 Å². The number of nitrogens with two attached hydrogens (primary N) is 1. The van der Waals surface area contributed by atoms with E-state index in [-0.39, 0.29) is 11.9 Å². The molecule has 3 nitrogen and oxygen atoms in total. The summed E-state index contributed by atoms with van der Waals surface area (Å²) in [5.74, 6) is 0.538. The molecule has 1 amide bonds. The summed E-state index contributed by atoms with van der Waals surface area (Å²) in [5, 5.41) is 3.02. The van der Waals surface area contributed by atoms with Crippen LogP contribution in [0.4, 0.5) is 0 Å². The highest BCUT2D eigenvalue weighted by Gasteiger charge is 2.13. The van der Waals surface area contributed by atoms with Crippen LogP contribution in [-0.4, -0.2) is 18.5 Å². The predicted molar refractivity (Wildman–Crippen MR) is 75.2 cm³/mol. The van der Waals surface area contributed by atoms with Crippen molar-refractivity contribution in [2.24, 2.45) is 11.7 Å². The Kier molecular flexibility index (Phi) is 6.44. The SMILES string of the molecule is CCC(C)CC(=O)NC(CN)Cc1ccccc1. The number of amides is 1. The molecule has 0 spiro atoms. The van der Waals surface area contributed by atoms with Crippen LogP contribution in [-0.2, 0) is 11.2 Å². The van der Waals surface area contributed by atoms with Crippen LogP contribution in [0.2, 0.25) is 0 Å². The molecular formula is C15H24N2O. The Balaban J connectivity index is 2.45. The first-order valence-electron chi connectivity index (χ1n) is 6.69. The number of carbonyl (C=O) groups is 1. The molecule has 1 aromatic rings. The number of hydrogen-bond acceptors (Lipinski definition) is 2. The van der Waals surface area contributed by atoms with Gasteiger partial charge in [-0.1, -0.05) is 50.6 Å². The summed E-state index contributed by atoms with van der Waals surface area (Å²) in [4.78, 5) is 11.8. The van der Waals surface area contributed by atoms with Gasteiger partial charge in [0, 0.05) is 19.0 Å². The van der Waals surface area contributed by atoms with Crippen LogP contribution in [0.5, 0.6) is 0 Å². The molecule has 0 bridgehead atoms.